The van der Waals surface area contributed by atoms with Crippen LogP contribution in [-0.2, 0) is 26.0 Å². The molecule has 0 aromatic heterocycles. The van der Waals surface area contributed by atoms with Gasteiger partial charge in [-0.15, -0.1) is 0 Å². The first-order valence-electron chi connectivity index (χ1n) is 10.0. The minimum Gasteiger partial charge on any atom is -0.458 e. The molecule has 3 rings (SSSR count). The fourth-order valence-electron chi connectivity index (χ4n) is 4.20. The summed E-state index contributed by atoms with van der Waals surface area (Å²) in [5.74, 6) is -0.586. The Labute approximate surface area is 173 Å². The largest absolute Gasteiger partial charge is 0.458 e. The number of rotatable bonds is 3. The molecule has 1 fully saturated rings. The highest BCUT2D eigenvalue weighted by Gasteiger charge is 2.37. The van der Waals surface area contributed by atoms with Crippen molar-refractivity contribution in [1.82, 2.24) is 4.90 Å². The van der Waals surface area contributed by atoms with E-state index in [1.807, 2.05) is 27.7 Å². The van der Waals surface area contributed by atoms with Crippen molar-refractivity contribution in [2.24, 2.45) is 0 Å². The molecule has 0 N–H and O–H groups in total. The number of hydrogen-bond donors (Lipinski definition) is 0. The molecule has 8 heteroatoms. The number of amides is 1. The Kier molecular flexibility index (Phi) is 5.69. The van der Waals surface area contributed by atoms with E-state index < -0.39 is 21.7 Å². The summed E-state index contributed by atoms with van der Waals surface area (Å²) in [6.07, 6.45) is 4.05. The lowest BCUT2D eigenvalue weighted by molar-refractivity contribution is -0.161. The number of piperidine rings is 1. The van der Waals surface area contributed by atoms with Gasteiger partial charge in [-0.2, -0.15) is 0 Å². The third kappa shape index (κ3) is 4.57. The van der Waals surface area contributed by atoms with E-state index in [-0.39, 0.29) is 17.9 Å². The number of ether oxygens (including phenoxy) is 1. The maximum absolute atomic E-state index is 13.2. The summed E-state index contributed by atoms with van der Waals surface area (Å²) in [7, 11) is -3.38. The highest BCUT2D eigenvalue weighted by molar-refractivity contribution is 7.92. The molecule has 0 radical (unpaired) electrons. The number of benzene rings is 1. The summed E-state index contributed by atoms with van der Waals surface area (Å²) in [5.41, 5.74) is 1.32. The molecule has 2 aliphatic heterocycles. The first kappa shape index (κ1) is 21.6. The number of anilines is 1. The van der Waals surface area contributed by atoms with Gasteiger partial charge in [0.2, 0.25) is 10.0 Å². The molecule has 0 saturated carbocycles. The van der Waals surface area contributed by atoms with Gasteiger partial charge in [-0.3, -0.25) is 9.10 Å². The average Bonchev–Trinajstić information content (AvgIpc) is 2.94. The van der Waals surface area contributed by atoms with Gasteiger partial charge in [-0.25, -0.2) is 13.2 Å². The Morgan fingerprint density at radius 3 is 2.48 bits per heavy atom. The van der Waals surface area contributed by atoms with Crippen LogP contribution < -0.4 is 4.31 Å². The quantitative estimate of drug-likeness (QED) is 0.700. The lowest BCUT2D eigenvalue weighted by atomic mass is 9.99. The van der Waals surface area contributed by atoms with Crippen LogP contribution in [0.25, 0.3) is 0 Å². The molecule has 2 atom stereocenters. The Morgan fingerprint density at radius 1 is 1.17 bits per heavy atom. The molecule has 1 saturated heterocycles. The second kappa shape index (κ2) is 7.63. The van der Waals surface area contributed by atoms with Gasteiger partial charge in [0.25, 0.3) is 5.91 Å². The number of likely N-dealkylation sites (tertiary alicyclic amines) is 1. The maximum atomic E-state index is 13.2. The van der Waals surface area contributed by atoms with Crippen LogP contribution in [-0.4, -0.2) is 55.7 Å². The maximum Gasteiger partial charge on any atom is 0.329 e. The van der Waals surface area contributed by atoms with E-state index in [2.05, 4.69) is 0 Å². The van der Waals surface area contributed by atoms with Crippen molar-refractivity contribution in [1.29, 1.82) is 0 Å². The molecule has 0 unspecified atom stereocenters. The van der Waals surface area contributed by atoms with E-state index in [9.17, 15) is 18.0 Å². The van der Waals surface area contributed by atoms with Crippen LogP contribution in [0, 0.1) is 0 Å². The minimum absolute atomic E-state index is 0.185. The minimum atomic E-state index is -3.38. The highest BCUT2D eigenvalue weighted by Crippen LogP contribution is 2.35. The van der Waals surface area contributed by atoms with Crippen LogP contribution >= 0.6 is 0 Å². The summed E-state index contributed by atoms with van der Waals surface area (Å²) in [5, 5.41) is 0. The molecule has 2 heterocycles. The van der Waals surface area contributed by atoms with Crippen LogP contribution in [0.4, 0.5) is 5.69 Å². The Balaban J connectivity index is 1.86. The number of hydrogen-bond acceptors (Lipinski definition) is 5. The predicted octanol–water partition coefficient (Wildman–Crippen LogP) is 2.73. The molecule has 0 spiro atoms. The van der Waals surface area contributed by atoms with Gasteiger partial charge in [-0.05, 0) is 77.1 Å². The monoisotopic (exact) mass is 422 g/mol. The van der Waals surface area contributed by atoms with Crippen molar-refractivity contribution in [3.05, 3.63) is 29.3 Å². The molecular formula is C21H30N2O5S. The third-order valence-electron chi connectivity index (χ3n) is 5.28. The zero-order chi connectivity index (χ0) is 21.6. The fraction of sp³-hybridized carbons (Fsp3) is 0.619. The molecular weight excluding hydrogens is 392 g/mol. The molecule has 2 aliphatic rings. The lowest BCUT2D eigenvalue weighted by Crippen LogP contribution is -2.50. The standard InChI is InChI=1S/C21H30N2O5S/c1-14-12-16-13-15(9-10-17(16)23(14)29(5,26)27)19(24)22-11-7-6-8-18(22)20(25)28-21(2,3)4/h9-10,13-14,18H,6-8,11-12H2,1-5H3/t14-,18-/m1/s1. The fourth-order valence-corrected chi connectivity index (χ4v) is 5.46. The molecule has 1 amide bonds. The topological polar surface area (TPSA) is 84.0 Å². The van der Waals surface area contributed by atoms with E-state index in [0.29, 0.717) is 30.6 Å². The van der Waals surface area contributed by atoms with Crippen molar-refractivity contribution < 1.29 is 22.7 Å². The number of nitrogens with zero attached hydrogens (tertiary/aromatic N) is 2. The van der Waals surface area contributed by atoms with E-state index in [1.165, 1.54) is 10.6 Å². The zero-order valence-corrected chi connectivity index (χ0v) is 18.6. The third-order valence-corrected chi connectivity index (χ3v) is 6.55. The highest BCUT2D eigenvalue weighted by atomic mass is 32.2. The SMILES string of the molecule is C[C@@H]1Cc2cc(C(=O)N3CCCC[C@@H]3C(=O)OC(C)(C)C)ccc2N1S(C)(=O)=O. The van der Waals surface area contributed by atoms with Gasteiger partial charge in [0, 0.05) is 18.2 Å². The first-order valence-corrected chi connectivity index (χ1v) is 11.9. The number of carbonyl (C=O) groups is 2. The van der Waals surface area contributed by atoms with Crippen molar-refractivity contribution >= 4 is 27.6 Å². The number of carbonyl (C=O) groups excluding carboxylic acids is 2. The smallest absolute Gasteiger partial charge is 0.329 e. The van der Waals surface area contributed by atoms with Crippen LogP contribution in [0.2, 0.25) is 0 Å². The van der Waals surface area contributed by atoms with Gasteiger partial charge >= 0.3 is 5.97 Å². The Hall–Kier alpha value is -2.09. The summed E-state index contributed by atoms with van der Waals surface area (Å²) >= 11 is 0. The van der Waals surface area contributed by atoms with E-state index in [0.717, 1.165) is 18.4 Å². The van der Waals surface area contributed by atoms with Crippen molar-refractivity contribution in [2.45, 2.75) is 71.1 Å². The van der Waals surface area contributed by atoms with E-state index in [4.69, 9.17) is 4.74 Å². The van der Waals surface area contributed by atoms with Gasteiger partial charge in [0.1, 0.15) is 11.6 Å². The molecule has 0 aliphatic carbocycles. The molecule has 7 nitrogen and oxygen atoms in total. The van der Waals surface area contributed by atoms with Crippen LogP contribution in [0.15, 0.2) is 18.2 Å². The summed E-state index contributed by atoms with van der Waals surface area (Å²) < 4.78 is 31.1. The Morgan fingerprint density at radius 2 is 1.86 bits per heavy atom. The van der Waals surface area contributed by atoms with Crippen LogP contribution in [0.1, 0.15) is 62.9 Å². The van der Waals surface area contributed by atoms with Crippen LogP contribution in [0.3, 0.4) is 0 Å². The van der Waals surface area contributed by atoms with Crippen LogP contribution in [0.5, 0.6) is 0 Å². The van der Waals surface area contributed by atoms with Crippen molar-refractivity contribution in [3.63, 3.8) is 0 Å². The average molecular weight is 423 g/mol. The summed E-state index contributed by atoms with van der Waals surface area (Å²) in [4.78, 5) is 27.5. The Bertz CT molecular complexity index is 919. The molecule has 1 aromatic rings. The van der Waals surface area contributed by atoms with E-state index in [1.54, 1.807) is 23.1 Å². The summed E-state index contributed by atoms with van der Waals surface area (Å²) in [6.45, 7) is 7.80. The van der Waals surface area contributed by atoms with Crippen molar-refractivity contribution in [2.75, 3.05) is 17.1 Å². The molecule has 29 heavy (non-hydrogen) atoms. The number of sulfonamides is 1. The number of fused-ring (bicyclic) bond motifs is 1. The van der Waals surface area contributed by atoms with Gasteiger partial charge in [-0.1, -0.05) is 0 Å². The molecule has 1 aromatic carbocycles. The number of esters is 1. The second-order valence-electron chi connectivity index (χ2n) is 9.00. The molecule has 160 valence electrons. The predicted molar refractivity (Wildman–Crippen MR) is 111 cm³/mol. The summed E-state index contributed by atoms with van der Waals surface area (Å²) in [6, 6.07) is 4.34. The van der Waals surface area contributed by atoms with Crippen molar-refractivity contribution in [3.8, 4) is 0 Å². The zero-order valence-electron chi connectivity index (χ0n) is 17.8. The van der Waals surface area contributed by atoms with E-state index >= 15 is 0 Å². The van der Waals surface area contributed by atoms with Gasteiger partial charge in [0.05, 0.1) is 11.9 Å². The lowest BCUT2D eigenvalue weighted by Gasteiger charge is -2.35. The molecule has 0 bridgehead atoms. The first-order chi connectivity index (χ1) is 13.4. The van der Waals surface area contributed by atoms with Gasteiger partial charge < -0.3 is 9.64 Å². The normalized spacial score (nSPS) is 22.4. The van der Waals surface area contributed by atoms with Gasteiger partial charge in [0.15, 0.2) is 0 Å². The second-order valence-corrected chi connectivity index (χ2v) is 10.9.